The van der Waals surface area contributed by atoms with Gasteiger partial charge >= 0.3 is 12.0 Å². The molecule has 0 unspecified atom stereocenters. The normalized spacial score (nSPS) is 9.74. The highest BCUT2D eigenvalue weighted by Crippen LogP contribution is 2.15. The Bertz CT molecular complexity index is 490. The van der Waals surface area contributed by atoms with E-state index in [2.05, 4.69) is 21.2 Å². The lowest BCUT2D eigenvalue weighted by Gasteiger charge is -2.19. The fraction of sp³-hybridized carbons (Fsp3) is 0.182. The van der Waals surface area contributed by atoms with Gasteiger partial charge < -0.3 is 21.1 Å². The van der Waals surface area contributed by atoms with Gasteiger partial charge in [0.05, 0.1) is 0 Å². The monoisotopic (exact) mass is 329 g/mol. The zero-order valence-electron chi connectivity index (χ0n) is 9.80. The average Bonchev–Trinajstić information content (AvgIpc) is 2.26. The van der Waals surface area contributed by atoms with Crippen LogP contribution in [0.2, 0.25) is 0 Å². The van der Waals surface area contributed by atoms with Crippen LogP contribution in [0.25, 0.3) is 0 Å². The van der Waals surface area contributed by atoms with E-state index in [-0.39, 0.29) is 0 Å². The van der Waals surface area contributed by atoms with Gasteiger partial charge in [-0.1, -0.05) is 22.0 Å². The molecule has 0 aliphatic carbocycles. The smallest absolute Gasteiger partial charge is 0.323 e. The van der Waals surface area contributed by atoms with Crippen molar-refractivity contribution in [1.29, 1.82) is 0 Å². The van der Waals surface area contributed by atoms with Crippen LogP contribution in [0.4, 0.5) is 10.5 Å². The van der Waals surface area contributed by atoms with Gasteiger partial charge in [-0.3, -0.25) is 9.59 Å². The number of hydrogen-bond acceptors (Lipinski definition) is 3. The van der Waals surface area contributed by atoms with Crippen molar-refractivity contribution in [2.24, 2.45) is 5.73 Å². The number of anilines is 1. The molecule has 0 aromatic heterocycles. The molecule has 0 heterocycles. The number of nitrogens with zero attached hydrogens (tertiary/aromatic N) is 1. The molecule has 0 saturated carbocycles. The third-order valence-corrected chi connectivity index (χ3v) is 2.53. The number of nitrogens with two attached hydrogens (primary N) is 1. The number of amides is 3. The summed E-state index contributed by atoms with van der Waals surface area (Å²) in [5.74, 6) is -2.02. The summed E-state index contributed by atoms with van der Waals surface area (Å²) in [7, 11) is 0. The van der Waals surface area contributed by atoms with E-state index in [4.69, 9.17) is 10.8 Å². The second-order valence-corrected chi connectivity index (χ2v) is 4.57. The van der Waals surface area contributed by atoms with Crippen molar-refractivity contribution in [2.75, 3.05) is 18.4 Å². The molecule has 0 spiro atoms. The largest absolute Gasteiger partial charge is 0.480 e. The summed E-state index contributed by atoms with van der Waals surface area (Å²) in [4.78, 5) is 34.1. The van der Waals surface area contributed by atoms with E-state index in [1.807, 2.05) is 0 Å². The molecular formula is C11H12BrN3O4. The first-order chi connectivity index (χ1) is 8.88. The van der Waals surface area contributed by atoms with Gasteiger partial charge in [0.2, 0.25) is 5.91 Å². The molecule has 19 heavy (non-hydrogen) atoms. The van der Waals surface area contributed by atoms with Crippen LogP contribution in [0.1, 0.15) is 0 Å². The number of carboxylic acids is 1. The lowest BCUT2D eigenvalue weighted by atomic mass is 10.3. The van der Waals surface area contributed by atoms with Crippen LogP contribution in [0, 0.1) is 0 Å². The molecule has 0 bridgehead atoms. The second kappa shape index (κ2) is 6.74. The summed E-state index contributed by atoms with van der Waals surface area (Å²) >= 11 is 3.24. The molecular weight excluding hydrogens is 318 g/mol. The summed E-state index contributed by atoms with van der Waals surface area (Å²) in [6.45, 7) is -1.07. The van der Waals surface area contributed by atoms with Gasteiger partial charge in [0, 0.05) is 10.2 Å². The van der Waals surface area contributed by atoms with Crippen molar-refractivity contribution in [3.8, 4) is 0 Å². The Morgan fingerprint density at radius 3 is 2.53 bits per heavy atom. The van der Waals surface area contributed by atoms with Gasteiger partial charge in [-0.25, -0.2) is 4.79 Å². The highest BCUT2D eigenvalue weighted by Gasteiger charge is 2.18. The number of primary amides is 1. The van der Waals surface area contributed by atoms with E-state index in [0.717, 1.165) is 9.37 Å². The van der Waals surface area contributed by atoms with Crippen LogP contribution in [0.15, 0.2) is 28.7 Å². The molecule has 1 aromatic rings. The molecule has 1 aromatic carbocycles. The van der Waals surface area contributed by atoms with Crippen molar-refractivity contribution >= 4 is 39.5 Å². The van der Waals surface area contributed by atoms with Crippen molar-refractivity contribution < 1.29 is 19.5 Å². The summed E-state index contributed by atoms with van der Waals surface area (Å²) in [6.07, 6.45) is 0. The number of nitrogens with one attached hydrogen (secondary N) is 1. The standard InChI is InChI=1S/C11H12BrN3O4/c12-7-2-1-3-8(4-7)14-11(19)15(5-9(13)16)6-10(17)18/h1-4H,5-6H2,(H2,13,16)(H,14,19)(H,17,18). The molecule has 8 heteroatoms. The van der Waals surface area contributed by atoms with Crippen LogP contribution in [0.3, 0.4) is 0 Å². The van der Waals surface area contributed by atoms with E-state index < -0.39 is 31.0 Å². The maximum atomic E-state index is 11.8. The van der Waals surface area contributed by atoms with Crippen LogP contribution in [0.5, 0.6) is 0 Å². The molecule has 0 atom stereocenters. The number of carbonyl (C=O) groups excluding carboxylic acids is 2. The van der Waals surface area contributed by atoms with Crippen LogP contribution in [-0.2, 0) is 9.59 Å². The zero-order chi connectivity index (χ0) is 14.4. The van der Waals surface area contributed by atoms with E-state index >= 15 is 0 Å². The maximum Gasteiger partial charge on any atom is 0.323 e. The van der Waals surface area contributed by atoms with Gasteiger partial charge in [0.1, 0.15) is 13.1 Å². The average molecular weight is 330 g/mol. The quantitative estimate of drug-likeness (QED) is 0.743. The van der Waals surface area contributed by atoms with Gasteiger partial charge in [-0.2, -0.15) is 0 Å². The molecule has 7 nitrogen and oxygen atoms in total. The fourth-order valence-electron chi connectivity index (χ4n) is 1.32. The van der Waals surface area contributed by atoms with E-state index in [0.29, 0.717) is 5.69 Å². The van der Waals surface area contributed by atoms with Crippen molar-refractivity contribution in [1.82, 2.24) is 4.90 Å². The minimum atomic E-state index is -1.23. The number of rotatable bonds is 5. The lowest BCUT2D eigenvalue weighted by Crippen LogP contribution is -2.43. The minimum Gasteiger partial charge on any atom is -0.480 e. The number of halogens is 1. The summed E-state index contributed by atoms with van der Waals surface area (Å²) < 4.78 is 0.755. The minimum absolute atomic E-state index is 0.466. The SMILES string of the molecule is NC(=O)CN(CC(=O)O)C(=O)Nc1cccc(Br)c1. The molecule has 0 saturated heterocycles. The molecule has 0 radical (unpaired) electrons. The lowest BCUT2D eigenvalue weighted by molar-refractivity contribution is -0.137. The van der Waals surface area contributed by atoms with E-state index in [1.165, 1.54) is 0 Å². The Hall–Kier alpha value is -2.09. The Balaban J connectivity index is 2.76. The number of aliphatic carboxylic acids is 1. The zero-order valence-corrected chi connectivity index (χ0v) is 11.4. The van der Waals surface area contributed by atoms with Gasteiger partial charge in [-0.15, -0.1) is 0 Å². The Morgan fingerprint density at radius 1 is 1.32 bits per heavy atom. The molecule has 4 N–H and O–H groups in total. The number of carbonyl (C=O) groups is 3. The first-order valence-electron chi connectivity index (χ1n) is 5.20. The third kappa shape index (κ3) is 5.38. The highest BCUT2D eigenvalue weighted by molar-refractivity contribution is 9.10. The van der Waals surface area contributed by atoms with Crippen LogP contribution in [-0.4, -0.2) is 41.0 Å². The van der Waals surface area contributed by atoms with Crippen molar-refractivity contribution in [3.63, 3.8) is 0 Å². The summed E-state index contributed by atoms with van der Waals surface area (Å²) in [6, 6.07) is 6.04. The van der Waals surface area contributed by atoms with E-state index in [1.54, 1.807) is 24.3 Å². The summed E-state index contributed by atoms with van der Waals surface area (Å²) in [5, 5.41) is 11.2. The third-order valence-electron chi connectivity index (χ3n) is 2.04. The topological polar surface area (TPSA) is 113 Å². The number of carboxylic acid groups (broad SMARTS) is 1. The molecule has 3 amide bonds. The molecule has 0 aliphatic rings. The van der Waals surface area contributed by atoms with Gasteiger partial charge in [0.15, 0.2) is 0 Å². The first-order valence-corrected chi connectivity index (χ1v) is 5.99. The number of benzene rings is 1. The predicted molar refractivity (Wildman–Crippen MR) is 71.6 cm³/mol. The number of urea groups is 1. The maximum absolute atomic E-state index is 11.8. The fourth-order valence-corrected chi connectivity index (χ4v) is 1.72. The van der Waals surface area contributed by atoms with Gasteiger partial charge in [0.25, 0.3) is 0 Å². The Morgan fingerprint density at radius 2 is 2.00 bits per heavy atom. The van der Waals surface area contributed by atoms with Gasteiger partial charge in [-0.05, 0) is 18.2 Å². The number of hydrogen-bond donors (Lipinski definition) is 3. The molecule has 0 aliphatic heterocycles. The van der Waals surface area contributed by atoms with Crippen molar-refractivity contribution in [2.45, 2.75) is 0 Å². The predicted octanol–water partition coefficient (Wildman–Crippen LogP) is 0.853. The van der Waals surface area contributed by atoms with Crippen LogP contribution >= 0.6 is 15.9 Å². The van der Waals surface area contributed by atoms with E-state index in [9.17, 15) is 14.4 Å². The Labute approximate surface area is 117 Å². The molecule has 1 rings (SSSR count). The molecule has 0 fully saturated rings. The van der Waals surface area contributed by atoms with Crippen LogP contribution < -0.4 is 11.1 Å². The second-order valence-electron chi connectivity index (χ2n) is 3.66. The first kappa shape index (κ1) is 15.0. The highest BCUT2D eigenvalue weighted by atomic mass is 79.9. The Kier molecular flexibility index (Phi) is 5.31. The molecule has 102 valence electrons. The summed E-state index contributed by atoms with van der Waals surface area (Å²) in [5.41, 5.74) is 5.43. The van der Waals surface area contributed by atoms with Crippen molar-refractivity contribution in [3.05, 3.63) is 28.7 Å².